The van der Waals surface area contributed by atoms with Crippen LogP contribution in [0.1, 0.15) is 26.1 Å². The SMILES string of the molecule is COc1pc(C(C)(C)C)c(O)c2ccoc12.[C-]#[O+].[C-]#[O+].[C-]#[O+].[Cr]. The summed E-state index contributed by atoms with van der Waals surface area (Å²) in [6.45, 7) is 19.7. The summed E-state index contributed by atoms with van der Waals surface area (Å²) < 4.78 is 33.1. The second kappa shape index (κ2) is 13.0. The number of aromatic hydroxyl groups is 1. The first-order valence-electron chi connectivity index (χ1n) is 5.71. The zero-order valence-corrected chi connectivity index (χ0v) is 15.2. The van der Waals surface area contributed by atoms with E-state index in [0.717, 1.165) is 24.4 Å². The van der Waals surface area contributed by atoms with Gasteiger partial charge in [-0.3, -0.25) is 0 Å². The summed E-state index contributed by atoms with van der Waals surface area (Å²) >= 11 is 0. The van der Waals surface area contributed by atoms with Gasteiger partial charge in [0.2, 0.25) is 0 Å². The van der Waals surface area contributed by atoms with Crippen molar-refractivity contribution in [3.63, 3.8) is 0 Å². The zero-order chi connectivity index (χ0) is 17.9. The summed E-state index contributed by atoms with van der Waals surface area (Å²) in [6.07, 6.45) is 1.57. The third-order valence-corrected chi connectivity index (χ3v) is 4.15. The molecule has 2 heterocycles. The van der Waals surface area contributed by atoms with E-state index in [-0.39, 0.29) is 22.8 Å². The number of methoxy groups -OCH3 is 1. The first kappa shape index (κ1) is 26.4. The van der Waals surface area contributed by atoms with E-state index in [4.69, 9.17) is 23.1 Å². The van der Waals surface area contributed by atoms with Gasteiger partial charge < -0.3 is 14.3 Å². The number of furan rings is 1. The molecule has 0 aliphatic rings. The third-order valence-electron chi connectivity index (χ3n) is 2.46. The molecule has 0 saturated heterocycles. The van der Waals surface area contributed by atoms with E-state index >= 15 is 0 Å². The molecule has 0 saturated carbocycles. The third kappa shape index (κ3) is 6.67. The van der Waals surface area contributed by atoms with Crippen molar-refractivity contribution in [3.05, 3.63) is 37.6 Å². The molecule has 0 unspecified atom stereocenters. The van der Waals surface area contributed by atoms with E-state index in [1.165, 1.54) is 0 Å². The summed E-state index contributed by atoms with van der Waals surface area (Å²) in [7, 11) is 2.50. The van der Waals surface area contributed by atoms with Gasteiger partial charge in [-0.2, -0.15) is 0 Å². The first-order valence-corrected chi connectivity index (χ1v) is 6.60. The minimum absolute atomic E-state index is 0. The molecule has 0 aromatic carbocycles. The van der Waals surface area contributed by atoms with Crippen LogP contribution in [0.4, 0.5) is 0 Å². The summed E-state index contributed by atoms with van der Waals surface area (Å²) in [5.74, 6) is 0.318. The first-order chi connectivity index (χ1) is 10.4. The summed E-state index contributed by atoms with van der Waals surface area (Å²) in [5, 5.41) is 11.9. The number of rotatable bonds is 1. The molecule has 2 aromatic heterocycles. The van der Waals surface area contributed by atoms with Crippen molar-refractivity contribution in [2.45, 2.75) is 26.2 Å². The van der Waals surface area contributed by atoms with Crippen LogP contribution in [0.25, 0.3) is 11.0 Å². The van der Waals surface area contributed by atoms with Crippen LogP contribution < -0.4 is 4.74 Å². The predicted molar refractivity (Wildman–Crippen MR) is 77.4 cm³/mol. The zero-order valence-electron chi connectivity index (χ0n) is 13.0. The smallest absolute Gasteiger partial charge is 0 e. The van der Waals surface area contributed by atoms with Crippen LogP contribution in [0.15, 0.2) is 16.7 Å². The molecule has 0 aliphatic carbocycles. The molecule has 2 rings (SSSR count). The Labute approximate surface area is 147 Å². The molecule has 2 aromatic rings. The second-order valence-electron chi connectivity index (χ2n) is 4.73. The van der Waals surface area contributed by atoms with Crippen LogP contribution in [-0.2, 0) is 36.7 Å². The average Bonchev–Trinajstić information content (AvgIpc) is 3.03. The minimum atomic E-state index is -0.0929. The minimum Gasteiger partial charge on any atom is 0 e. The van der Waals surface area contributed by atoms with E-state index in [1.54, 1.807) is 19.4 Å². The van der Waals surface area contributed by atoms with Gasteiger partial charge in [-0.1, -0.05) is 20.8 Å². The Morgan fingerprint density at radius 2 is 1.61 bits per heavy atom. The maximum atomic E-state index is 10.2. The van der Waals surface area contributed by atoms with Crippen LogP contribution in [0.5, 0.6) is 11.2 Å². The Kier molecular flexibility index (Phi) is 15.0. The normalized spacial score (nSPS) is 8.96. The van der Waals surface area contributed by atoms with Crippen molar-refractivity contribution in [1.29, 1.82) is 0 Å². The van der Waals surface area contributed by atoms with Crippen LogP contribution >= 0.6 is 8.19 Å². The molecule has 0 fully saturated rings. The molecular formula is C15H15CrO6P. The largest absolute Gasteiger partial charge is 0 e. The fourth-order valence-electron chi connectivity index (χ4n) is 1.66. The van der Waals surface area contributed by atoms with Crippen molar-refractivity contribution in [2.24, 2.45) is 0 Å². The fraction of sp³-hybridized carbons (Fsp3) is 0.333. The molecule has 0 aliphatic heterocycles. The van der Waals surface area contributed by atoms with Gasteiger partial charge in [0.1, 0.15) is 5.75 Å². The summed E-state index contributed by atoms with van der Waals surface area (Å²) in [5.41, 5.74) is 1.29. The Bertz CT molecular complexity index is 637. The maximum absolute atomic E-state index is 10.2. The van der Waals surface area contributed by atoms with E-state index in [2.05, 4.69) is 40.7 Å². The molecule has 122 valence electrons. The Morgan fingerprint density at radius 3 is 2.00 bits per heavy atom. The molecule has 0 radical (unpaired) electrons. The van der Waals surface area contributed by atoms with Crippen molar-refractivity contribution < 1.29 is 45.6 Å². The molecule has 1 N–H and O–H groups in total. The predicted octanol–water partition coefficient (Wildman–Crippen LogP) is 3.91. The summed E-state index contributed by atoms with van der Waals surface area (Å²) in [4.78, 5) is 0. The fourth-order valence-corrected chi connectivity index (χ4v) is 2.79. The Morgan fingerprint density at radius 1 is 1.13 bits per heavy atom. The molecule has 0 bridgehead atoms. The summed E-state index contributed by atoms with van der Waals surface area (Å²) in [6, 6.07) is 1.77. The van der Waals surface area contributed by atoms with Crippen molar-refractivity contribution >= 4 is 19.2 Å². The van der Waals surface area contributed by atoms with Gasteiger partial charge in [0.05, 0.1) is 18.8 Å². The molecule has 6 nitrogen and oxygen atoms in total. The van der Waals surface area contributed by atoms with Crippen LogP contribution in [-0.4, -0.2) is 12.2 Å². The van der Waals surface area contributed by atoms with Crippen LogP contribution in [0.3, 0.4) is 0 Å². The topological polar surface area (TPSA) is 102 Å². The quantitative estimate of drug-likeness (QED) is 0.605. The van der Waals surface area contributed by atoms with Crippen LogP contribution in [0, 0.1) is 20.0 Å². The number of ether oxygens (including phenoxy) is 1. The van der Waals surface area contributed by atoms with Gasteiger partial charge in [-0.05, 0) is 19.7 Å². The number of fused-ring (bicyclic) bond motifs is 1. The molecule has 0 atom stereocenters. The standard InChI is InChI=1S/C12H15O3P.3CO.Cr/c1-12(2,3)10-8(13)7-5-6-15-9(7)11(14-4)16-10;3*1-2;/h5-6,13H,1-4H3;;;;. The maximum Gasteiger partial charge on any atom is 0 e. The van der Waals surface area contributed by atoms with E-state index in [0.29, 0.717) is 11.3 Å². The Balaban J connectivity index is -0.000000514. The molecular weight excluding hydrogens is 359 g/mol. The molecule has 0 amide bonds. The van der Waals surface area contributed by atoms with Gasteiger partial charge in [0.25, 0.3) is 0 Å². The van der Waals surface area contributed by atoms with Crippen molar-refractivity contribution in [3.8, 4) is 11.2 Å². The van der Waals surface area contributed by atoms with Crippen LogP contribution in [0.2, 0.25) is 0 Å². The average molecular weight is 374 g/mol. The number of hydrogen-bond acceptors (Lipinski definition) is 3. The Hall–Kier alpha value is -1.46. The molecule has 23 heavy (non-hydrogen) atoms. The van der Waals surface area contributed by atoms with Crippen molar-refractivity contribution in [1.82, 2.24) is 0 Å². The van der Waals surface area contributed by atoms with Gasteiger partial charge in [0.15, 0.2) is 11.1 Å². The molecule has 0 spiro atoms. The van der Waals surface area contributed by atoms with Gasteiger partial charge in [-0.25, -0.2) is 0 Å². The molecule has 8 heteroatoms. The van der Waals surface area contributed by atoms with Gasteiger partial charge in [0, 0.05) is 22.7 Å². The van der Waals surface area contributed by atoms with Gasteiger partial charge >= 0.3 is 33.9 Å². The van der Waals surface area contributed by atoms with Gasteiger partial charge in [-0.15, -0.1) is 0 Å². The van der Waals surface area contributed by atoms with E-state index in [1.807, 2.05) is 0 Å². The number of hydrogen-bond donors (Lipinski definition) is 1. The second-order valence-corrected chi connectivity index (χ2v) is 5.81. The van der Waals surface area contributed by atoms with Crippen molar-refractivity contribution in [2.75, 3.05) is 7.11 Å². The monoisotopic (exact) mass is 374 g/mol. The van der Waals surface area contributed by atoms with E-state index in [9.17, 15) is 5.11 Å². The van der Waals surface area contributed by atoms with E-state index < -0.39 is 0 Å².